The van der Waals surface area contributed by atoms with E-state index in [9.17, 15) is 9.59 Å². The topological polar surface area (TPSA) is 64.6 Å². The van der Waals surface area contributed by atoms with Crippen molar-refractivity contribution in [2.45, 2.75) is 44.4 Å². The molecule has 1 amide bonds. The van der Waals surface area contributed by atoms with Crippen LogP contribution in [0.15, 0.2) is 41.3 Å². The fourth-order valence-electron chi connectivity index (χ4n) is 3.05. The van der Waals surface area contributed by atoms with Crippen LogP contribution < -0.4 is 10.1 Å². The maximum Gasteiger partial charge on any atom is 0.342 e. The number of benzene rings is 2. The molecule has 0 saturated carbocycles. The summed E-state index contributed by atoms with van der Waals surface area (Å²) in [6, 6.07) is 11.3. The number of ether oxygens (including phenoxy) is 2. The molecule has 2 rings (SSSR count). The molecule has 0 heterocycles. The van der Waals surface area contributed by atoms with Gasteiger partial charge < -0.3 is 14.8 Å². The smallest absolute Gasteiger partial charge is 0.342 e. The molecule has 0 aliphatic rings. The van der Waals surface area contributed by atoms with E-state index in [2.05, 4.69) is 33.0 Å². The van der Waals surface area contributed by atoms with Crippen LogP contribution in [0.25, 0.3) is 0 Å². The van der Waals surface area contributed by atoms with Gasteiger partial charge in [-0.2, -0.15) is 0 Å². The molecular weight excluding hydrogens is 386 g/mol. The molecule has 5 nitrogen and oxygen atoms in total. The van der Waals surface area contributed by atoms with Crippen molar-refractivity contribution < 1.29 is 19.1 Å². The van der Waals surface area contributed by atoms with Crippen LogP contribution in [0.4, 0.5) is 5.69 Å². The Hall–Kier alpha value is -2.47. The average molecular weight is 416 g/mol. The average Bonchev–Trinajstić information content (AvgIpc) is 2.71. The van der Waals surface area contributed by atoms with Crippen LogP contribution in [0.1, 0.15) is 61.0 Å². The lowest BCUT2D eigenvalue weighted by Gasteiger charge is -2.20. The molecular formula is C23H29NO4S. The van der Waals surface area contributed by atoms with Crippen molar-refractivity contribution >= 4 is 29.3 Å². The highest BCUT2D eigenvalue weighted by atomic mass is 32.2. The minimum absolute atomic E-state index is 0.255. The normalized spacial score (nSPS) is 10.9. The maximum atomic E-state index is 12.5. The van der Waals surface area contributed by atoms with E-state index in [0.717, 1.165) is 21.7 Å². The van der Waals surface area contributed by atoms with E-state index in [1.54, 1.807) is 23.9 Å². The Balaban J connectivity index is 2.12. The summed E-state index contributed by atoms with van der Waals surface area (Å²) in [4.78, 5) is 25.9. The Morgan fingerprint density at radius 2 is 1.66 bits per heavy atom. The van der Waals surface area contributed by atoms with E-state index < -0.39 is 5.97 Å². The molecule has 6 heteroatoms. The van der Waals surface area contributed by atoms with Gasteiger partial charge in [0.15, 0.2) is 6.61 Å². The van der Waals surface area contributed by atoms with Crippen LogP contribution in [0.5, 0.6) is 5.75 Å². The van der Waals surface area contributed by atoms with Gasteiger partial charge in [-0.3, -0.25) is 4.79 Å². The van der Waals surface area contributed by atoms with Crippen LogP contribution in [0, 0.1) is 0 Å². The van der Waals surface area contributed by atoms with E-state index >= 15 is 0 Å². The quantitative estimate of drug-likeness (QED) is 0.458. The van der Waals surface area contributed by atoms with Crippen LogP contribution in [-0.2, 0) is 9.53 Å². The van der Waals surface area contributed by atoms with Crippen LogP contribution in [0.2, 0.25) is 0 Å². The molecule has 0 saturated heterocycles. The molecule has 0 aliphatic carbocycles. The van der Waals surface area contributed by atoms with Crippen molar-refractivity contribution in [1.82, 2.24) is 0 Å². The highest BCUT2D eigenvalue weighted by Crippen LogP contribution is 2.32. The third-order valence-electron chi connectivity index (χ3n) is 4.60. The number of hydrogen-bond donors (Lipinski definition) is 1. The molecule has 0 spiro atoms. The van der Waals surface area contributed by atoms with E-state index in [-0.39, 0.29) is 24.3 Å². The number of methoxy groups -OCH3 is 1. The van der Waals surface area contributed by atoms with Crippen molar-refractivity contribution in [3.63, 3.8) is 0 Å². The first-order chi connectivity index (χ1) is 13.8. The van der Waals surface area contributed by atoms with Gasteiger partial charge in [-0.25, -0.2) is 4.79 Å². The number of hydrogen-bond acceptors (Lipinski definition) is 5. The zero-order valence-corrected chi connectivity index (χ0v) is 18.7. The number of carbonyl (C=O) groups is 2. The van der Waals surface area contributed by atoms with Crippen molar-refractivity contribution in [3.05, 3.63) is 53.1 Å². The molecule has 0 atom stereocenters. The molecule has 2 aromatic carbocycles. The van der Waals surface area contributed by atoms with Crippen LogP contribution >= 0.6 is 11.8 Å². The third kappa shape index (κ3) is 5.76. The first-order valence-electron chi connectivity index (χ1n) is 9.60. The van der Waals surface area contributed by atoms with Gasteiger partial charge in [0, 0.05) is 10.6 Å². The monoisotopic (exact) mass is 415 g/mol. The highest BCUT2D eigenvalue weighted by Gasteiger charge is 2.19. The van der Waals surface area contributed by atoms with E-state index in [4.69, 9.17) is 9.47 Å². The fourth-order valence-corrected chi connectivity index (χ4v) is 3.48. The first kappa shape index (κ1) is 22.8. The third-order valence-corrected chi connectivity index (χ3v) is 5.33. The molecule has 0 aromatic heterocycles. The highest BCUT2D eigenvalue weighted by molar-refractivity contribution is 7.98. The molecule has 29 heavy (non-hydrogen) atoms. The second-order valence-electron chi connectivity index (χ2n) is 7.31. The summed E-state index contributed by atoms with van der Waals surface area (Å²) in [5.41, 5.74) is 3.22. The summed E-state index contributed by atoms with van der Waals surface area (Å²) < 4.78 is 10.5. The lowest BCUT2D eigenvalue weighted by Crippen LogP contribution is -2.23. The lowest BCUT2D eigenvalue weighted by atomic mass is 9.92. The second kappa shape index (κ2) is 10.3. The molecule has 0 bridgehead atoms. The summed E-state index contributed by atoms with van der Waals surface area (Å²) in [5.74, 6) is -0.0232. The molecule has 0 radical (unpaired) electrons. The second-order valence-corrected chi connectivity index (χ2v) is 8.19. The van der Waals surface area contributed by atoms with Gasteiger partial charge in [-0.05, 0) is 47.4 Å². The lowest BCUT2D eigenvalue weighted by molar-refractivity contribution is -0.119. The summed E-state index contributed by atoms with van der Waals surface area (Å²) in [6.45, 7) is 7.97. The Bertz CT molecular complexity index is 851. The van der Waals surface area contributed by atoms with Crippen molar-refractivity contribution in [1.29, 1.82) is 0 Å². The van der Waals surface area contributed by atoms with Crippen molar-refractivity contribution in [3.8, 4) is 5.75 Å². The SMILES string of the molecule is COc1cc(SC)ccc1C(=O)OCC(=O)Nc1c(C(C)C)cccc1C(C)C. The molecule has 156 valence electrons. The van der Waals surface area contributed by atoms with E-state index in [1.807, 2.05) is 30.5 Å². The van der Waals surface area contributed by atoms with Gasteiger partial charge in [0.2, 0.25) is 0 Å². The van der Waals surface area contributed by atoms with E-state index in [0.29, 0.717) is 11.3 Å². The number of esters is 1. The standard InChI is InChI=1S/C23H29NO4S/c1-14(2)17-8-7-9-18(15(3)4)22(17)24-21(25)13-28-23(26)19-11-10-16(29-6)12-20(19)27-5/h7-12,14-15H,13H2,1-6H3,(H,24,25). The molecule has 2 aromatic rings. The number of para-hydroxylation sites is 1. The number of amides is 1. The minimum atomic E-state index is -0.592. The number of anilines is 1. The number of carbonyl (C=O) groups excluding carboxylic acids is 2. The van der Waals surface area contributed by atoms with Gasteiger partial charge in [-0.15, -0.1) is 11.8 Å². The van der Waals surface area contributed by atoms with Gasteiger partial charge in [0.05, 0.1) is 7.11 Å². The van der Waals surface area contributed by atoms with E-state index in [1.165, 1.54) is 7.11 Å². The number of thioether (sulfide) groups is 1. The summed E-state index contributed by atoms with van der Waals surface area (Å²) in [7, 11) is 1.50. The Morgan fingerprint density at radius 3 is 2.17 bits per heavy atom. The first-order valence-corrected chi connectivity index (χ1v) is 10.8. The van der Waals surface area contributed by atoms with Gasteiger partial charge in [0.1, 0.15) is 11.3 Å². The number of nitrogens with one attached hydrogen (secondary N) is 1. The van der Waals surface area contributed by atoms with Gasteiger partial charge in [-0.1, -0.05) is 45.9 Å². The molecule has 0 aliphatic heterocycles. The predicted molar refractivity (Wildman–Crippen MR) is 118 cm³/mol. The number of rotatable bonds is 8. The largest absolute Gasteiger partial charge is 0.496 e. The molecule has 1 N–H and O–H groups in total. The van der Waals surface area contributed by atoms with Crippen LogP contribution in [0.3, 0.4) is 0 Å². The molecule has 0 fully saturated rings. The summed E-state index contributed by atoms with van der Waals surface area (Å²) in [5, 5.41) is 2.94. The summed E-state index contributed by atoms with van der Waals surface area (Å²) >= 11 is 1.55. The zero-order valence-electron chi connectivity index (χ0n) is 17.9. The van der Waals surface area contributed by atoms with Gasteiger partial charge in [0.25, 0.3) is 5.91 Å². The fraction of sp³-hybridized carbons (Fsp3) is 0.391. The summed E-state index contributed by atoms with van der Waals surface area (Å²) in [6.07, 6.45) is 1.94. The molecule has 0 unspecified atom stereocenters. The minimum Gasteiger partial charge on any atom is -0.496 e. The van der Waals surface area contributed by atoms with Gasteiger partial charge >= 0.3 is 5.97 Å². The van der Waals surface area contributed by atoms with Crippen molar-refractivity contribution in [2.24, 2.45) is 0 Å². The Kier molecular flexibility index (Phi) is 8.14. The zero-order chi connectivity index (χ0) is 21.6. The maximum absolute atomic E-state index is 12.5. The Morgan fingerprint density at radius 1 is 1.03 bits per heavy atom. The van der Waals surface area contributed by atoms with Crippen molar-refractivity contribution in [2.75, 3.05) is 25.3 Å². The van der Waals surface area contributed by atoms with Crippen LogP contribution in [-0.4, -0.2) is 31.8 Å². The predicted octanol–water partition coefficient (Wildman–Crippen LogP) is 5.46. The Labute approximate surface area is 177 Å².